The zero-order valence-electron chi connectivity index (χ0n) is 26.9. The van der Waals surface area contributed by atoms with Gasteiger partial charge in [0.15, 0.2) is 5.65 Å². The number of fused-ring (bicyclic) bond motifs is 4. The van der Waals surface area contributed by atoms with Crippen molar-refractivity contribution < 1.29 is 13.6 Å². The predicted molar refractivity (Wildman–Crippen MR) is 177 cm³/mol. The Bertz CT molecular complexity index is 2140. The summed E-state index contributed by atoms with van der Waals surface area (Å²) in [6.07, 6.45) is 6.80. The molecule has 0 N–H and O–H groups in total. The number of nitrogens with zero attached hydrogens (tertiary/aromatic N) is 8. The molecule has 0 spiro atoms. The maximum atomic E-state index is 16.5. The number of benzene rings is 1. The van der Waals surface area contributed by atoms with Crippen LogP contribution < -0.4 is 10.6 Å². The van der Waals surface area contributed by atoms with Crippen molar-refractivity contribution in [2.45, 2.75) is 71.5 Å². The maximum Gasteiger partial charge on any atom is 0.355 e. The molecule has 1 aromatic carbocycles. The first-order chi connectivity index (χ1) is 22.6. The van der Waals surface area contributed by atoms with E-state index in [9.17, 15) is 9.59 Å². The van der Waals surface area contributed by atoms with Gasteiger partial charge in [-0.05, 0) is 74.9 Å². The van der Waals surface area contributed by atoms with Crippen LogP contribution in [-0.4, -0.2) is 65.3 Å². The fourth-order valence-electron chi connectivity index (χ4n) is 7.08. The second-order valence-electron chi connectivity index (χ2n) is 12.9. The quantitative estimate of drug-likeness (QED) is 0.239. The SMILES string of the molecule is C=CC(=O)N1C[C@H](C)N(c2nc(=O)n3c4nc(c(F)cc24)-c2cc(F)cc4cnn(c24)CCCCc2ccnc(C(C)C)c2-3)C[C@H]1C. The van der Waals surface area contributed by atoms with E-state index >= 15 is 8.78 Å². The van der Waals surface area contributed by atoms with Crippen molar-refractivity contribution in [3.8, 4) is 16.9 Å². The minimum atomic E-state index is -0.683. The molecule has 7 rings (SSSR count). The summed E-state index contributed by atoms with van der Waals surface area (Å²) in [4.78, 5) is 44.8. The molecule has 0 saturated carbocycles. The normalized spacial score (nSPS) is 18.3. The van der Waals surface area contributed by atoms with Gasteiger partial charge in [-0.25, -0.2) is 23.1 Å². The van der Waals surface area contributed by atoms with Crippen LogP contribution in [0.1, 0.15) is 57.7 Å². The summed E-state index contributed by atoms with van der Waals surface area (Å²) in [7, 11) is 0. The third kappa shape index (κ3) is 5.06. The van der Waals surface area contributed by atoms with Crippen LogP contribution in [0.15, 0.2) is 54.1 Å². The summed E-state index contributed by atoms with van der Waals surface area (Å²) in [5.41, 5.74) is 2.54. The van der Waals surface area contributed by atoms with Gasteiger partial charge in [-0.1, -0.05) is 20.4 Å². The molecule has 0 aliphatic carbocycles. The van der Waals surface area contributed by atoms with Crippen LogP contribution in [0.3, 0.4) is 0 Å². The zero-order chi connectivity index (χ0) is 33.1. The number of hydrogen-bond donors (Lipinski definition) is 0. The molecule has 10 nitrogen and oxygen atoms in total. The lowest BCUT2D eigenvalue weighted by molar-refractivity contribution is -0.128. The summed E-state index contributed by atoms with van der Waals surface area (Å²) < 4.78 is 34.8. The lowest BCUT2D eigenvalue weighted by Crippen LogP contribution is -2.58. The number of amides is 1. The molecule has 2 atom stereocenters. The van der Waals surface area contributed by atoms with Crippen molar-refractivity contribution in [2.24, 2.45) is 0 Å². The Labute approximate surface area is 270 Å². The van der Waals surface area contributed by atoms with Crippen LogP contribution in [0, 0.1) is 11.6 Å². The predicted octanol–water partition coefficient (Wildman–Crippen LogP) is 5.54. The highest BCUT2D eigenvalue weighted by Gasteiger charge is 2.34. The molecule has 0 unspecified atom stereocenters. The monoisotopic (exact) mass is 638 g/mol. The number of anilines is 1. The number of halogens is 2. The second-order valence-corrected chi connectivity index (χ2v) is 12.9. The van der Waals surface area contributed by atoms with Crippen LogP contribution in [0.25, 0.3) is 38.9 Å². The van der Waals surface area contributed by atoms with Crippen molar-refractivity contribution in [1.82, 2.24) is 34.2 Å². The van der Waals surface area contributed by atoms with E-state index in [0.717, 1.165) is 18.4 Å². The lowest BCUT2D eigenvalue weighted by Gasteiger charge is -2.44. The fourth-order valence-corrected chi connectivity index (χ4v) is 7.08. The average Bonchev–Trinajstić information content (AvgIpc) is 3.45. The number of hydrogen-bond acceptors (Lipinski definition) is 7. The number of carbonyl (C=O) groups excluding carboxylic acids is 1. The van der Waals surface area contributed by atoms with Gasteiger partial charge in [-0.15, -0.1) is 0 Å². The number of carbonyl (C=O) groups is 1. The first-order valence-corrected chi connectivity index (χ1v) is 16.0. The Kier molecular flexibility index (Phi) is 7.60. The van der Waals surface area contributed by atoms with Gasteiger partial charge in [-0.3, -0.25) is 14.5 Å². The molecule has 2 aliphatic heterocycles. The van der Waals surface area contributed by atoms with Gasteiger partial charge in [0.05, 0.1) is 28.5 Å². The van der Waals surface area contributed by atoms with Gasteiger partial charge in [0.25, 0.3) is 0 Å². The maximum absolute atomic E-state index is 16.5. The molecule has 1 amide bonds. The molecule has 6 heterocycles. The largest absolute Gasteiger partial charge is 0.355 e. The van der Waals surface area contributed by atoms with Gasteiger partial charge in [0, 0.05) is 48.9 Å². The van der Waals surface area contributed by atoms with Gasteiger partial charge in [0.1, 0.15) is 23.1 Å². The highest BCUT2D eigenvalue weighted by molar-refractivity contribution is 5.96. The molecule has 47 heavy (non-hydrogen) atoms. The van der Waals surface area contributed by atoms with Crippen LogP contribution in [0.5, 0.6) is 0 Å². The third-order valence-electron chi connectivity index (χ3n) is 9.34. The smallest absolute Gasteiger partial charge is 0.349 e. The Morgan fingerprint density at radius 3 is 2.66 bits per heavy atom. The minimum absolute atomic E-state index is 0.0497. The highest BCUT2D eigenvalue weighted by atomic mass is 19.1. The van der Waals surface area contributed by atoms with E-state index in [4.69, 9.17) is 4.98 Å². The number of pyridine rings is 2. The topological polar surface area (TPSA) is 102 Å². The van der Waals surface area contributed by atoms with Crippen molar-refractivity contribution in [2.75, 3.05) is 18.0 Å². The second kappa shape index (κ2) is 11.7. The summed E-state index contributed by atoms with van der Waals surface area (Å²) in [5.74, 6) is -1.18. The fraction of sp³-hybridized carbons (Fsp3) is 0.371. The van der Waals surface area contributed by atoms with Crippen molar-refractivity contribution >= 4 is 33.7 Å². The Balaban J connectivity index is 1.57. The summed E-state index contributed by atoms with van der Waals surface area (Å²) >= 11 is 0. The molecular formula is C35H36F2N8O2. The number of aryl methyl sites for hydroxylation is 2. The van der Waals surface area contributed by atoms with Crippen molar-refractivity contribution in [3.05, 3.63) is 82.7 Å². The number of piperazine rings is 1. The van der Waals surface area contributed by atoms with E-state index in [1.54, 1.807) is 22.0 Å². The third-order valence-corrected chi connectivity index (χ3v) is 9.34. The number of aromatic nitrogens is 6. The first-order valence-electron chi connectivity index (χ1n) is 16.0. The van der Waals surface area contributed by atoms with Gasteiger partial charge < -0.3 is 9.80 Å². The van der Waals surface area contributed by atoms with Crippen LogP contribution in [-0.2, 0) is 17.8 Å². The molecule has 2 aliphatic rings. The van der Waals surface area contributed by atoms with Crippen molar-refractivity contribution in [3.63, 3.8) is 0 Å². The van der Waals surface area contributed by atoms with E-state index in [1.807, 2.05) is 38.7 Å². The standard InChI is InChI=1S/C35H36F2N8O2/c1-6-28(46)42-17-21(5)43(18-20(42)4)33-26-15-27(37)30-25-14-24(36)13-23-16-39-44(31(23)25)12-8-7-9-22-10-11-38-29(19(2)3)32(22)45(34(26)40-30)35(47)41-33/h6,10-11,13-16,19-21H,1,7-9,12,17-18H2,2-5H3/t20-,21+/m1/s1. The number of rotatable bonds is 3. The highest BCUT2D eigenvalue weighted by Crippen LogP contribution is 2.37. The Morgan fingerprint density at radius 1 is 1.09 bits per heavy atom. The summed E-state index contributed by atoms with van der Waals surface area (Å²) in [6, 6.07) is 5.43. The van der Waals surface area contributed by atoms with Crippen LogP contribution in [0.4, 0.5) is 14.6 Å². The molecule has 4 aromatic heterocycles. The van der Waals surface area contributed by atoms with Gasteiger partial charge in [0.2, 0.25) is 5.91 Å². The molecule has 2 bridgehead atoms. The molecular weight excluding hydrogens is 602 g/mol. The van der Waals surface area contributed by atoms with E-state index in [2.05, 4.69) is 21.6 Å². The minimum Gasteiger partial charge on any atom is -0.349 e. The zero-order valence-corrected chi connectivity index (χ0v) is 26.9. The van der Waals surface area contributed by atoms with E-state index in [1.165, 1.54) is 28.8 Å². The molecule has 1 saturated heterocycles. The summed E-state index contributed by atoms with van der Waals surface area (Å²) in [5, 5.41) is 5.38. The first kappa shape index (κ1) is 30.6. The van der Waals surface area contributed by atoms with Gasteiger partial charge in [-0.2, -0.15) is 10.1 Å². The Hall–Kier alpha value is -5.00. The van der Waals surface area contributed by atoms with Gasteiger partial charge >= 0.3 is 5.69 Å². The van der Waals surface area contributed by atoms with Crippen LogP contribution >= 0.6 is 0 Å². The molecule has 1 fully saturated rings. The Morgan fingerprint density at radius 2 is 1.89 bits per heavy atom. The lowest BCUT2D eigenvalue weighted by atomic mass is 10.00. The van der Waals surface area contributed by atoms with Crippen molar-refractivity contribution in [1.29, 1.82) is 0 Å². The molecule has 242 valence electrons. The van der Waals surface area contributed by atoms with Crippen LogP contribution in [0.2, 0.25) is 0 Å². The van der Waals surface area contributed by atoms with E-state index < -0.39 is 17.3 Å². The summed E-state index contributed by atoms with van der Waals surface area (Å²) in [6.45, 7) is 12.8. The molecule has 0 radical (unpaired) electrons. The van der Waals surface area contributed by atoms with E-state index in [-0.39, 0.29) is 46.6 Å². The van der Waals surface area contributed by atoms with E-state index in [0.29, 0.717) is 53.7 Å². The molecule has 12 heteroatoms. The average molecular weight is 639 g/mol. The molecule has 5 aromatic rings.